The van der Waals surface area contributed by atoms with Gasteiger partial charge >= 0.3 is 12.1 Å². The first kappa shape index (κ1) is 20.7. The lowest BCUT2D eigenvalue weighted by atomic mass is 10.2. The molecule has 0 amide bonds. The first-order valence-corrected chi connectivity index (χ1v) is 8.19. The van der Waals surface area contributed by atoms with Crippen LogP contribution in [0.4, 0.5) is 19.0 Å². The third-order valence-electron chi connectivity index (χ3n) is 3.77. The number of likely N-dealkylation sites (N-methyl/N-ethyl adjacent to an activating group) is 1. The largest absolute Gasteiger partial charge is 0.436 e. The highest BCUT2D eigenvalue weighted by Gasteiger charge is 2.49. The lowest BCUT2D eigenvalue weighted by molar-refractivity contribution is -0.161. The molecule has 2 rings (SSSR count). The van der Waals surface area contributed by atoms with Gasteiger partial charge in [-0.1, -0.05) is 0 Å². The molecule has 0 bridgehead atoms. The molecule has 1 aromatic rings. The number of esters is 1. The molecule has 7 nitrogen and oxygen atoms in total. The standard InChI is InChI=1S/C15H19ClF3N3O4/c1-4-25-11-12(26-13(23)8(2)16)22(14(24)21(11)3)10-7-9(5-6-20-10)15(17,18)19/h5-8,11-12,14,24H,4H2,1-3H3/t8?,11-,12-,14?/m1/s1. The minimum absolute atomic E-state index is 0.218. The van der Waals surface area contributed by atoms with Crippen LogP contribution >= 0.6 is 11.6 Å². The van der Waals surface area contributed by atoms with Crippen LogP contribution in [0.25, 0.3) is 0 Å². The van der Waals surface area contributed by atoms with Gasteiger partial charge in [0.1, 0.15) is 11.2 Å². The van der Waals surface area contributed by atoms with Gasteiger partial charge in [-0.3, -0.25) is 9.69 Å². The van der Waals surface area contributed by atoms with Gasteiger partial charge in [-0.2, -0.15) is 13.2 Å². The number of pyridine rings is 1. The van der Waals surface area contributed by atoms with E-state index in [1.54, 1.807) is 6.92 Å². The van der Waals surface area contributed by atoms with E-state index in [4.69, 9.17) is 21.1 Å². The summed E-state index contributed by atoms with van der Waals surface area (Å²) in [5, 5.41) is 9.46. The highest BCUT2D eigenvalue weighted by Crippen LogP contribution is 2.35. The van der Waals surface area contributed by atoms with Crippen LogP contribution in [-0.4, -0.2) is 58.8 Å². The van der Waals surface area contributed by atoms with E-state index in [-0.39, 0.29) is 12.4 Å². The second-order valence-electron chi connectivity index (χ2n) is 5.61. The van der Waals surface area contributed by atoms with E-state index in [0.717, 1.165) is 23.2 Å². The Kier molecular flexibility index (Phi) is 6.33. The van der Waals surface area contributed by atoms with Gasteiger partial charge in [0.05, 0.1) is 5.56 Å². The van der Waals surface area contributed by atoms with Crippen molar-refractivity contribution in [1.29, 1.82) is 0 Å². The lowest BCUT2D eigenvalue weighted by Gasteiger charge is -2.29. The first-order valence-electron chi connectivity index (χ1n) is 7.75. The topological polar surface area (TPSA) is 75.1 Å². The third-order valence-corrected chi connectivity index (χ3v) is 3.95. The van der Waals surface area contributed by atoms with Crippen LogP contribution in [0.15, 0.2) is 18.3 Å². The number of carbonyl (C=O) groups is 1. The maximum Gasteiger partial charge on any atom is 0.416 e. The molecule has 1 aliphatic rings. The number of aliphatic hydroxyl groups excluding tert-OH is 1. The van der Waals surface area contributed by atoms with E-state index in [0.29, 0.717) is 0 Å². The number of hydrogen-bond donors (Lipinski definition) is 1. The number of rotatable bonds is 5. The molecule has 1 saturated heterocycles. The Balaban J connectivity index is 2.43. The molecular formula is C15H19ClF3N3O4. The lowest BCUT2D eigenvalue weighted by Crippen LogP contribution is -2.44. The number of alkyl halides is 4. The molecule has 11 heteroatoms. The normalized spacial score (nSPS) is 25.4. The van der Waals surface area contributed by atoms with Crippen molar-refractivity contribution in [3.05, 3.63) is 23.9 Å². The molecule has 1 fully saturated rings. The third kappa shape index (κ3) is 4.20. The fourth-order valence-electron chi connectivity index (χ4n) is 2.48. The number of halogens is 4. The molecule has 2 heterocycles. The molecule has 1 aliphatic heterocycles. The van der Waals surface area contributed by atoms with Crippen molar-refractivity contribution >= 4 is 23.4 Å². The van der Waals surface area contributed by atoms with Crippen molar-refractivity contribution in [2.75, 3.05) is 18.6 Å². The minimum atomic E-state index is -4.59. The molecule has 26 heavy (non-hydrogen) atoms. The Morgan fingerprint density at radius 3 is 2.65 bits per heavy atom. The van der Waals surface area contributed by atoms with Gasteiger partial charge in [0.15, 0.2) is 12.6 Å². The SMILES string of the molecule is CCO[C@@H]1[C@@H](OC(=O)C(C)Cl)N(c2cc(C(F)(F)F)ccn2)C(O)N1C. The fraction of sp³-hybridized carbons (Fsp3) is 0.600. The molecule has 0 aliphatic carbocycles. The minimum Gasteiger partial charge on any atom is -0.436 e. The fourth-order valence-corrected chi connectivity index (χ4v) is 2.53. The number of ether oxygens (including phenoxy) is 2. The van der Waals surface area contributed by atoms with Gasteiger partial charge in [-0.05, 0) is 33.0 Å². The van der Waals surface area contributed by atoms with Crippen LogP contribution in [0.3, 0.4) is 0 Å². The highest BCUT2D eigenvalue weighted by molar-refractivity contribution is 6.29. The molecule has 0 spiro atoms. The Labute approximate surface area is 153 Å². The molecule has 0 radical (unpaired) electrons. The monoisotopic (exact) mass is 397 g/mol. The number of nitrogens with zero attached hydrogens (tertiary/aromatic N) is 3. The predicted molar refractivity (Wildman–Crippen MR) is 86.1 cm³/mol. The Hall–Kier alpha value is -1.62. The van der Waals surface area contributed by atoms with E-state index >= 15 is 0 Å². The van der Waals surface area contributed by atoms with Crippen LogP contribution in [0, 0.1) is 0 Å². The van der Waals surface area contributed by atoms with E-state index in [9.17, 15) is 23.1 Å². The highest BCUT2D eigenvalue weighted by atomic mass is 35.5. The van der Waals surface area contributed by atoms with E-state index in [1.807, 2.05) is 0 Å². The smallest absolute Gasteiger partial charge is 0.416 e. The number of anilines is 1. The van der Waals surface area contributed by atoms with Crippen molar-refractivity contribution in [1.82, 2.24) is 9.88 Å². The average Bonchev–Trinajstić information content (AvgIpc) is 2.79. The van der Waals surface area contributed by atoms with Gasteiger partial charge in [0.25, 0.3) is 0 Å². The average molecular weight is 398 g/mol. The van der Waals surface area contributed by atoms with Crippen molar-refractivity contribution in [3.63, 3.8) is 0 Å². The van der Waals surface area contributed by atoms with E-state index in [2.05, 4.69) is 4.98 Å². The summed E-state index contributed by atoms with van der Waals surface area (Å²) >= 11 is 5.71. The molecular weight excluding hydrogens is 379 g/mol. The van der Waals surface area contributed by atoms with Gasteiger partial charge in [0.2, 0.25) is 6.23 Å². The second-order valence-corrected chi connectivity index (χ2v) is 6.26. The van der Waals surface area contributed by atoms with Crippen molar-refractivity contribution in [3.8, 4) is 0 Å². The number of hydrogen-bond acceptors (Lipinski definition) is 7. The summed E-state index contributed by atoms with van der Waals surface area (Å²) in [7, 11) is 1.48. The second kappa shape index (κ2) is 7.95. The summed E-state index contributed by atoms with van der Waals surface area (Å²) < 4.78 is 49.7. The van der Waals surface area contributed by atoms with Crippen molar-refractivity contribution in [2.24, 2.45) is 0 Å². The van der Waals surface area contributed by atoms with Crippen LogP contribution < -0.4 is 4.90 Å². The molecule has 2 unspecified atom stereocenters. The predicted octanol–water partition coefficient (Wildman–Crippen LogP) is 1.99. The summed E-state index contributed by atoms with van der Waals surface area (Å²) in [5.41, 5.74) is -0.951. The summed E-state index contributed by atoms with van der Waals surface area (Å²) in [4.78, 5) is 18.1. The maximum atomic E-state index is 13.0. The molecule has 0 aromatic carbocycles. The van der Waals surface area contributed by atoms with Crippen LogP contribution in [0.1, 0.15) is 19.4 Å². The van der Waals surface area contributed by atoms with Crippen molar-refractivity contribution in [2.45, 2.75) is 44.2 Å². The summed E-state index contributed by atoms with van der Waals surface area (Å²) in [6.07, 6.45) is -7.22. The van der Waals surface area contributed by atoms with Gasteiger partial charge in [0, 0.05) is 12.8 Å². The van der Waals surface area contributed by atoms with Gasteiger partial charge < -0.3 is 14.6 Å². The first-order chi connectivity index (χ1) is 12.1. The van der Waals surface area contributed by atoms with Crippen LogP contribution in [-0.2, 0) is 20.4 Å². The van der Waals surface area contributed by atoms with Crippen LogP contribution in [0.5, 0.6) is 0 Å². The summed E-state index contributed by atoms with van der Waals surface area (Å²) in [6.45, 7) is 3.30. The van der Waals surface area contributed by atoms with Gasteiger partial charge in [-0.15, -0.1) is 11.6 Å². The maximum absolute atomic E-state index is 13.0. The quantitative estimate of drug-likeness (QED) is 0.601. The van der Waals surface area contributed by atoms with Gasteiger partial charge in [-0.25, -0.2) is 9.88 Å². The van der Waals surface area contributed by atoms with E-state index < -0.39 is 41.9 Å². The van der Waals surface area contributed by atoms with Crippen LogP contribution in [0.2, 0.25) is 0 Å². The molecule has 0 saturated carbocycles. The molecule has 146 valence electrons. The van der Waals surface area contributed by atoms with E-state index in [1.165, 1.54) is 18.9 Å². The molecule has 4 atom stereocenters. The zero-order valence-corrected chi connectivity index (χ0v) is 15.0. The number of aliphatic hydroxyl groups is 1. The summed E-state index contributed by atoms with van der Waals surface area (Å²) in [6, 6.07) is 1.56. The van der Waals surface area contributed by atoms with Crippen molar-refractivity contribution < 1.29 is 32.5 Å². The Morgan fingerprint density at radius 2 is 2.12 bits per heavy atom. The Morgan fingerprint density at radius 1 is 1.46 bits per heavy atom. The number of carbonyl (C=O) groups excluding carboxylic acids is 1. The summed E-state index contributed by atoms with van der Waals surface area (Å²) in [5.74, 6) is -1.03. The zero-order chi connectivity index (χ0) is 19.6. The number of aromatic nitrogens is 1. The molecule has 1 aromatic heterocycles. The molecule has 1 N–H and O–H groups in total. The zero-order valence-electron chi connectivity index (χ0n) is 14.3. The Bertz CT molecular complexity index is 647.